The van der Waals surface area contributed by atoms with E-state index in [-0.39, 0.29) is 17.9 Å². The quantitative estimate of drug-likeness (QED) is 0.771. The van der Waals surface area contributed by atoms with E-state index < -0.39 is 5.97 Å². The normalized spacial score (nSPS) is 13.8. The topological polar surface area (TPSA) is 101 Å². The Labute approximate surface area is 151 Å². The SMILES string of the molecule is O=C(O)CCCCNC(=O)c1ccc2c(=O)n3c(nc2c1)CCCCC3. The summed E-state index contributed by atoms with van der Waals surface area (Å²) < 4.78 is 1.76. The number of nitrogens with one attached hydrogen (secondary N) is 1. The highest BCUT2D eigenvalue weighted by molar-refractivity contribution is 5.97. The van der Waals surface area contributed by atoms with Crippen molar-refractivity contribution < 1.29 is 14.7 Å². The first kappa shape index (κ1) is 18.1. The number of carboxylic acids is 1. The number of unbranched alkanes of at least 4 members (excludes halogenated alkanes) is 1. The van der Waals surface area contributed by atoms with Gasteiger partial charge in [-0.1, -0.05) is 6.42 Å². The minimum atomic E-state index is -0.831. The predicted molar refractivity (Wildman–Crippen MR) is 97.4 cm³/mol. The Hall–Kier alpha value is -2.70. The smallest absolute Gasteiger partial charge is 0.303 e. The van der Waals surface area contributed by atoms with Gasteiger partial charge in [-0.25, -0.2) is 4.98 Å². The lowest BCUT2D eigenvalue weighted by Crippen LogP contribution is -2.26. The monoisotopic (exact) mass is 357 g/mol. The van der Waals surface area contributed by atoms with Crippen molar-refractivity contribution in [3.05, 3.63) is 39.9 Å². The number of aliphatic carboxylic acids is 1. The standard InChI is InChI=1S/C19H23N3O4/c23-17(24)7-3-4-10-20-18(25)13-8-9-14-15(12-13)21-16-6-2-1-5-11-22(16)19(14)26/h8-9,12H,1-7,10-11H2,(H,20,25)(H,23,24). The van der Waals surface area contributed by atoms with Crippen LogP contribution in [0, 0.1) is 0 Å². The molecule has 0 saturated heterocycles. The first-order valence-corrected chi connectivity index (χ1v) is 9.10. The average molecular weight is 357 g/mol. The molecule has 7 nitrogen and oxygen atoms in total. The summed E-state index contributed by atoms with van der Waals surface area (Å²) >= 11 is 0. The highest BCUT2D eigenvalue weighted by atomic mass is 16.4. The van der Waals surface area contributed by atoms with Gasteiger partial charge >= 0.3 is 5.97 Å². The number of carboxylic acid groups (broad SMARTS) is 1. The number of hydrogen-bond acceptors (Lipinski definition) is 4. The molecule has 2 aromatic rings. The maximum Gasteiger partial charge on any atom is 0.303 e. The van der Waals surface area contributed by atoms with E-state index >= 15 is 0 Å². The highest BCUT2D eigenvalue weighted by Gasteiger charge is 2.15. The summed E-state index contributed by atoms with van der Waals surface area (Å²) in [6.45, 7) is 1.13. The lowest BCUT2D eigenvalue weighted by atomic mass is 10.1. The van der Waals surface area contributed by atoms with Crippen LogP contribution in [-0.4, -0.2) is 33.1 Å². The Kier molecular flexibility index (Phi) is 5.65. The molecule has 0 radical (unpaired) electrons. The van der Waals surface area contributed by atoms with E-state index in [1.165, 1.54) is 0 Å². The summed E-state index contributed by atoms with van der Waals surface area (Å²) in [5.74, 6) is -0.271. The number of benzene rings is 1. The van der Waals surface area contributed by atoms with Crippen LogP contribution in [0.3, 0.4) is 0 Å². The van der Waals surface area contributed by atoms with Crippen molar-refractivity contribution in [2.45, 2.75) is 51.5 Å². The van der Waals surface area contributed by atoms with E-state index in [0.717, 1.165) is 31.5 Å². The molecule has 26 heavy (non-hydrogen) atoms. The first-order valence-electron chi connectivity index (χ1n) is 9.10. The summed E-state index contributed by atoms with van der Waals surface area (Å²) in [4.78, 5) is 40.1. The third kappa shape index (κ3) is 4.09. The number of carbonyl (C=O) groups is 2. The van der Waals surface area contributed by atoms with Crippen LogP contribution in [-0.2, 0) is 17.8 Å². The van der Waals surface area contributed by atoms with E-state index in [1.807, 2.05) is 0 Å². The second-order valence-electron chi connectivity index (χ2n) is 6.63. The molecule has 1 aromatic heterocycles. The molecule has 1 amide bonds. The third-order valence-electron chi connectivity index (χ3n) is 4.68. The third-order valence-corrected chi connectivity index (χ3v) is 4.68. The van der Waals surface area contributed by atoms with Crippen molar-refractivity contribution >= 4 is 22.8 Å². The fourth-order valence-corrected chi connectivity index (χ4v) is 3.26. The second-order valence-corrected chi connectivity index (χ2v) is 6.63. The van der Waals surface area contributed by atoms with Crippen LogP contribution in [0.15, 0.2) is 23.0 Å². The fourth-order valence-electron chi connectivity index (χ4n) is 3.26. The number of aromatic nitrogens is 2. The van der Waals surface area contributed by atoms with Crippen LogP contribution in [0.25, 0.3) is 10.9 Å². The van der Waals surface area contributed by atoms with Crippen molar-refractivity contribution in [3.63, 3.8) is 0 Å². The van der Waals surface area contributed by atoms with Gasteiger partial charge < -0.3 is 10.4 Å². The fraction of sp³-hybridized carbons (Fsp3) is 0.474. The summed E-state index contributed by atoms with van der Waals surface area (Å²) in [6, 6.07) is 4.97. The molecule has 2 N–H and O–H groups in total. The number of hydrogen-bond donors (Lipinski definition) is 2. The molecular formula is C19H23N3O4. The highest BCUT2D eigenvalue weighted by Crippen LogP contribution is 2.16. The van der Waals surface area contributed by atoms with E-state index in [9.17, 15) is 14.4 Å². The molecule has 0 bridgehead atoms. The number of carbonyl (C=O) groups excluding carboxylic acids is 1. The number of rotatable bonds is 6. The van der Waals surface area contributed by atoms with Gasteiger partial charge in [0.25, 0.3) is 11.5 Å². The zero-order chi connectivity index (χ0) is 18.5. The summed E-state index contributed by atoms with van der Waals surface area (Å²) in [7, 11) is 0. The average Bonchev–Trinajstić information content (AvgIpc) is 2.86. The van der Waals surface area contributed by atoms with Crippen molar-refractivity contribution in [2.24, 2.45) is 0 Å². The lowest BCUT2D eigenvalue weighted by molar-refractivity contribution is -0.137. The molecule has 1 aliphatic rings. The molecule has 0 unspecified atom stereocenters. The Morgan fingerprint density at radius 3 is 2.85 bits per heavy atom. The Bertz CT molecular complexity index is 888. The van der Waals surface area contributed by atoms with E-state index in [1.54, 1.807) is 22.8 Å². The molecule has 0 fully saturated rings. The van der Waals surface area contributed by atoms with Crippen molar-refractivity contribution in [1.29, 1.82) is 0 Å². The molecule has 0 spiro atoms. The Morgan fingerprint density at radius 2 is 2.04 bits per heavy atom. The van der Waals surface area contributed by atoms with Gasteiger partial charge in [-0.2, -0.15) is 0 Å². The van der Waals surface area contributed by atoms with Crippen LogP contribution in [0.2, 0.25) is 0 Å². The van der Waals surface area contributed by atoms with Crippen LogP contribution >= 0.6 is 0 Å². The molecule has 0 aliphatic carbocycles. The summed E-state index contributed by atoms with van der Waals surface area (Å²) in [5, 5.41) is 11.9. The molecule has 1 aliphatic heterocycles. The number of fused-ring (bicyclic) bond motifs is 2. The largest absolute Gasteiger partial charge is 0.481 e. The molecule has 0 saturated carbocycles. The molecule has 2 heterocycles. The lowest BCUT2D eigenvalue weighted by Gasteiger charge is -2.11. The van der Waals surface area contributed by atoms with Crippen molar-refractivity contribution in [2.75, 3.05) is 6.54 Å². The van der Waals surface area contributed by atoms with Gasteiger partial charge in [-0.15, -0.1) is 0 Å². The van der Waals surface area contributed by atoms with Gasteiger partial charge in [0.05, 0.1) is 10.9 Å². The van der Waals surface area contributed by atoms with Gasteiger partial charge in [-0.05, 0) is 43.9 Å². The molecule has 3 rings (SSSR count). The van der Waals surface area contributed by atoms with Crippen LogP contribution in [0.1, 0.15) is 54.7 Å². The minimum Gasteiger partial charge on any atom is -0.481 e. The summed E-state index contributed by atoms with van der Waals surface area (Å²) in [5.41, 5.74) is 0.982. The van der Waals surface area contributed by atoms with Crippen LogP contribution in [0.5, 0.6) is 0 Å². The number of aryl methyl sites for hydroxylation is 1. The van der Waals surface area contributed by atoms with Crippen molar-refractivity contribution in [1.82, 2.24) is 14.9 Å². The first-order chi connectivity index (χ1) is 12.6. The maximum absolute atomic E-state index is 12.7. The molecule has 0 atom stereocenters. The number of nitrogens with zero attached hydrogens (tertiary/aromatic N) is 2. The van der Waals surface area contributed by atoms with E-state index in [4.69, 9.17) is 5.11 Å². The Morgan fingerprint density at radius 1 is 1.19 bits per heavy atom. The van der Waals surface area contributed by atoms with Gasteiger partial charge in [0.1, 0.15) is 5.82 Å². The van der Waals surface area contributed by atoms with Crippen molar-refractivity contribution in [3.8, 4) is 0 Å². The molecule has 7 heteroatoms. The van der Waals surface area contributed by atoms with Crippen LogP contribution in [0.4, 0.5) is 0 Å². The zero-order valence-electron chi connectivity index (χ0n) is 14.7. The Balaban J connectivity index is 1.75. The van der Waals surface area contributed by atoms with Gasteiger partial charge in [0, 0.05) is 31.5 Å². The second kappa shape index (κ2) is 8.12. The molecule has 1 aromatic carbocycles. The van der Waals surface area contributed by atoms with Gasteiger partial charge in [0.15, 0.2) is 0 Å². The summed E-state index contributed by atoms with van der Waals surface area (Å²) in [6.07, 6.45) is 5.12. The predicted octanol–water partition coefficient (Wildman–Crippen LogP) is 2.11. The van der Waals surface area contributed by atoms with Crippen LogP contribution < -0.4 is 10.9 Å². The van der Waals surface area contributed by atoms with E-state index in [2.05, 4.69) is 10.3 Å². The molecule has 138 valence electrons. The number of amides is 1. The molecular weight excluding hydrogens is 334 g/mol. The van der Waals surface area contributed by atoms with Gasteiger partial charge in [0.2, 0.25) is 0 Å². The maximum atomic E-state index is 12.7. The van der Waals surface area contributed by atoms with Gasteiger partial charge in [-0.3, -0.25) is 19.0 Å². The zero-order valence-corrected chi connectivity index (χ0v) is 14.7. The minimum absolute atomic E-state index is 0.0347. The van der Waals surface area contributed by atoms with E-state index in [0.29, 0.717) is 42.4 Å².